The van der Waals surface area contributed by atoms with Crippen LogP contribution in [-0.2, 0) is 0 Å². The summed E-state index contributed by atoms with van der Waals surface area (Å²) in [6.07, 6.45) is -6.86. The van der Waals surface area contributed by atoms with Gasteiger partial charge >= 0.3 is 6.18 Å². The van der Waals surface area contributed by atoms with Gasteiger partial charge < -0.3 is 10.8 Å². The van der Waals surface area contributed by atoms with Crippen molar-refractivity contribution >= 4 is 11.8 Å². The highest BCUT2D eigenvalue weighted by atomic mass is 32.2. The smallest absolute Gasteiger partial charge is 0.383 e. The third-order valence-electron chi connectivity index (χ3n) is 2.17. The Hall–Kier alpha value is -0.720. The molecule has 0 spiro atoms. The normalized spacial score (nSPS) is 15.6. The lowest BCUT2D eigenvalue weighted by Crippen LogP contribution is -2.30. The topological polar surface area (TPSA) is 46.2 Å². The summed E-state index contributed by atoms with van der Waals surface area (Å²) in [5, 5.41) is 8.85. The first-order valence-corrected chi connectivity index (χ1v) is 6.02. The van der Waals surface area contributed by atoms with Gasteiger partial charge in [-0.1, -0.05) is 12.1 Å². The fourth-order valence-electron chi connectivity index (χ4n) is 1.16. The quantitative estimate of drug-likeness (QED) is 0.823. The van der Waals surface area contributed by atoms with Crippen LogP contribution in [0.4, 0.5) is 13.2 Å². The summed E-state index contributed by atoms with van der Waals surface area (Å²) in [5.74, 6) is -0.411. The van der Waals surface area contributed by atoms with E-state index in [0.29, 0.717) is 4.90 Å². The molecule has 0 aromatic heterocycles. The van der Waals surface area contributed by atoms with Crippen molar-refractivity contribution in [1.82, 2.24) is 0 Å². The summed E-state index contributed by atoms with van der Waals surface area (Å²) in [5.41, 5.74) is 6.53. The fraction of sp³-hybridized carbons (Fsp3) is 0.455. The summed E-state index contributed by atoms with van der Waals surface area (Å²) in [7, 11) is 0. The van der Waals surface area contributed by atoms with Crippen LogP contribution >= 0.6 is 11.8 Å². The molecule has 0 aliphatic rings. The Balaban J connectivity index is 2.61. The van der Waals surface area contributed by atoms with Crippen LogP contribution in [0.25, 0.3) is 0 Å². The van der Waals surface area contributed by atoms with Gasteiger partial charge in [0, 0.05) is 16.7 Å². The predicted octanol–water partition coefficient (Wildman–Crippen LogP) is 2.72. The minimum Gasteiger partial charge on any atom is -0.383 e. The van der Waals surface area contributed by atoms with E-state index in [9.17, 15) is 13.2 Å². The molecule has 2 atom stereocenters. The molecule has 3 N–H and O–H groups in total. The number of hydrogen-bond acceptors (Lipinski definition) is 3. The van der Waals surface area contributed by atoms with Gasteiger partial charge in [0.25, 0.3) is 0 Å². The molecular weight excluding hydrogens is 251 g/mol. The van der Waals surface area contributed by atoms with Crippen LogP contribution in [0, 0.1) is 0 Å². The van der Waals surface area contributed by atoms with Crippen molar-refractivity contribution < 1.29 is 18.3 Å². The molecule has 0 aliphatic heterocycles. The average Bonchev–Trinajstić information content (AvgIpc) is 2.25. The van der Waals surface area contributed by atoms with Crippen LogP contribution in [0.3, 0.4) is 0 Å². The lowest BCUT2D eigenvalue weighted by Gasteiger charge is -2.14. The van der Waals surface area contributed by atoms with Gasteiger partial charge in [-0.25, -0.2) is 0 Å². The SMILES string of the molecule is CC(N)c1cccc(SCC(O)C(F)(F)F)c1. The van der Waals surface area contributed by atoms with Gasteiger partial charge in [-0.05, 0) is 24.6 Å². The number of aliphatic hydroxyl groups is 1. The third-order valence-corrected chi connectivity index (χ3v) is 3.24. The minimum absolute atomic E-state index is 0.164. The van der Waals surface area contributed by atoms with Gasteiger partial charge in [0.15, 0.2) is 6.10 Å². The van der Waals surface area contributed by atoms with E-state index < -0.39 is 18.0 Å². The highest BCUT2D eigenvalue weighted by molar-refractivity contribution is 7.99. The first-order valence-electron chi connectivity index (χ1n) is 5.04. The van der Waals surface area contributed by atoms with Crippen LogP contribution in [0.1, 0.15) is 18.5 Å². The molecule has 0 radical (unpaired) electrons. The van der Waals surface area contributed by atoms with E-state index in [0.717, 1.165) is 17.3 Å². The van der Waals surface area contributed by atoms with Crippen LogP contribution in [0.2, 0.25) is 0 Å². The van der Waals surface area contributed by atoms with Crippen LogP contribution in [-0.4, -0.2) is 23.1 Å². The average molecular weight is 265 g/mol. The van der Waals surface area contributed by atoms with E-state index in [2.05, 4.69) is 0 Å². The van der Waals surface area contributed by atoms with Gasteiger partial charge in [-0.3, -0.25) is 0 Å². The predicted molar refractivity (Wildman–Crippen MR) is 61.8 cm³/mol. The summed E-state index contributed by atoms with van der Waals surface area (Å²) in [6.45, 7) is 1.80. The third kappa shape index (κ3) is 4.57. The molecule has 0 saturated carbocycles. The number of rotatable bonds is 4. The Labute approximate surface area is 102 Å². The van der Waals surface area contributed by atoms with E-state index in [-0.39, 0.29) is 6.04 Å². The number of alkyl halides is 3. The second kappa shape index (κ2) is 5.75. The molecule has 1 rings (SSSR count). The van der Waals surface area contributed by atoms with Crippen molar-refractivity contribution in [2.24, 2.45) is 5.73 Å². The second-order valence-electron chi connectivity index (χ2n) is 3.73. The van der Waals surface area contributed by atoms with Gasteiger partial charge in [-0.2, -0.15) is 13.2 Å². The van der Waals surface area contributed by atoms with Crippen molar-refractivity contribution in [2.45, 2.75) is 30.1 Å². The standard InChI is InChI=1S/C11H14F3NOS/c1-7(15)8-3-2-4-9(5-8)17-6-10(16)11(12,13)14/h2-5,7,10,16H,6,15H2,1H3. The van der Waals surface area contributed by atoms with Crippen molar-refractivity contribution in [3.05, 3.63) is 29.8 Å². The molecular formula is C11H14F3NOS. The van der Waals surface area contributed by atoms with Crippen LogP contribution in [0.15, 0.2) is 29.2 Å². The molecule has 0 bridgehead atoms. The van der Waals surface area contributed by atoms with Crippen LogP contribution < -0.4 is 5.73 Å². The van der Waals surface area contributed by atoms with Crippen LogP contribution in [0.5, 0.6) is 0 Å². The van der Waals surface area contributed by atoms with E-state index >= 15 is 0 Å². The molecule has 1 aromatic rings. The molecule has 0 fully saturated rings. The molecule has 0 amide bonds. The lowest BCUT2D eigenvalue weighted by molar-refractivity contribution is -0.195. The largest absolute Gasteiger partial charge is 0.415 e. The molecule has 2 nitrogen and oxygen atoms in total. The van der Waals surface area contributed by atoms with E-state index in [4.69, 9.17) is 10.8 Å². The van der Waals surface area contributed by atoms with E-state index in [1.165, 1.54) is 0 Å². The number of thioether (sulfide) groups is 1. The van der Waals surface area contributed by atoms with E-state index in [1.54, 1.807) is 25.1 Å². The molecule has 1 aromatic carbocycles. The summed E-state index contributed by atoms with van der Waals surface area (Å²) in [4.78, 5) is 0.670. The first kappa shape index (κ1) is 14.3. The zero-order valence-electron chi connectivity index (χ0n) is 9.24. The van der Waals surface area contributed by atoms with Gasteiger partial charge in [0.05, 0.1) is 0 Å². The first-order chi connectivity index (χ1) is 7.80. The Morgan fingerprint density at radius 3 is 2.59 bits per heavy atom. The Morgan fingerprint density at radius 2 is 2.06 bits per heavy atom. The number of hydrogen-bond donors (Lipinski definition) is 2. The zero-order chi connectivity index (χ0) is 13.1. The molecule has 0 heterocycles. The van der Waals surface area contributed by atoms with Crippen molar-refractivity contribution in [3.8, 4) is 0 Å². The minimum atomic E-state index is -4.56. The van der Waals surface area contributed by atoms with Crippen molar-refractivity contribution in [2.75, 3.05) is 5.75 Å². The maximum absolute atomic E-state index is 12.1. The van der Waals surface area contributed by atoms with Gasteiger partial charge in [0.2, 0.25) is 0 Å². The Kier molecular flexibility index (Phi) is 4.85. The molecule has 96 valence electrons. The number of nitrogens with two attached hydrogens (primary N) is 1. The zero-order valence-corrected chi connectivity index (χ0v) is 10.1. The second-order valence-corrected chi connectivity index (χ2v) is 4.82. The highest BCUT2D eigenvalue weighted by Gasteiger charge is 2.37. The molecule has 0 saturated heterocycles. The summed E-state index contributed by atoms with van der Waals surface area (Å²) < 4.78 is 36.2. The maximum Gasteiger partial charge on any atom is 0.415 e. The maximum atomic E-state index is 12.1. The monoisotopic (exact) mass is 265 g/mol. The molecule has 6 heteroatoms. The Morgan fingerprint density at radius 1 is 1.41 bits per heavy atom. The van der Waals surface area contributed by atoms with Gasteiger partial charge in [0.1, 0.15) is 0 Å². The fourth-order valence-corrected chi connectivity index (χ4v) is 2.09. The number of aliphatic hydroxyl groups excluding tert-OH is 1. The van der Waals surface area contributed by atoms with Crippen molar-refractivity contribution in [1.29, 1.82) is 0 Å². The van der Waals surface area contributed by atoms with Gasteiger partial charge in [-0.15, -0.1) is 11.8 Å². The lowest BCUT2D eigenvalue weighted by atomic mass is 10.1. The highest BCUT2D eigenvalue weighted by Crippen LogP contribution is 2.27. The van der Waals surface area contributed by atoms with Crippen molar-refractivity contribution in [3.63, 3.8) is 0 Å². The number of benzene rings is 1. The summed E-state index contributed by atoms with van der Waals surface area (Å²) in [6, 6.07) is 6.82. The Bertz CT molecular complexity index is 368. The number of halogens is 3. The van der Waals surface area contributed by atoms with E-state index in [1.807, 2.05) is 6.07 Å². The molecule has 0 aliphatic carbocycles. The molecule has 17 heavy (non-hydrogen) atoms. The summed E-state index contributed by atoms with van der Waals surface area (Å²) >= 11 is 0.961. The molecule has 2 unspecified atom stereocenters.